The first-order valence-electron chi connectivity index (χ1n) is 8.16. The number of hydrogen-bond acceptors (Lipinski definition) is 5. The van der Waals surface area contributed by atoms with Gasteiger partial charge in [-0.25, -0.2) is 21.6 Å². The Bertz CT molecular complexity index is 798. The Kier molecular flexibility index (Phi) is 4.99. The van der Waals surface area contributed by atoms with Crippen LogP contribution in [0, 0.1) is 5.92 Å². The van der Waals surface area contributed by atoms with Crippen LogP contribution in [0.3, 0.4) is 0 Å². The number of rotatable bonds is 7. The van der Waals surface area contributed by atoms with Gasteiger partial charge in [0.05, 0.1) is 9.79 Å². The zero-order valence-electron chi connectivity index (χ0n) is 13.4. The Balaban J connectivity index is 1.78. The minimum atomic E-state index is -3.78. The zero-order chi connectivity index (χ0) is 17.4. The summed E-state index contributed by atoms with van der Waals surface area (Å²) in [6.45, 7) is 1.12. The van der Waals surface area contributed by atoms with Crippen LogP contribution in [0.4, 0.5) is 0 Å². The summed E-state index contributed by atoms with van der Waals surface area (Å²) >= 11 is 0. The van der Waals surface area contributed by atoms with Gasteiger partial charge in [0.15, 0.2) is 0 Å². The maximum Gasteiger partial charge on any atom is 0.243 e. The van der Waals surface area contributed by atoms with Gasteiger partial charge in [0, 0.05) is 25.7 Å². The fraction of sp³-hybridized carbons (Fsp3) is 0.600. The van der Waals surface area contributed by atoms with E-state index >= 15 is 0 Å². The Hall–Kier alpha value is -1.00. The normalized spacial score (nSPS) is 21.0. The van der Waals surface area contributed by atoms with Gasteiger partial charge in [-0.3, -0.25) is 0 Å². The topological polar surface area (TPSA) is 110 Å². The third kappa shape index (κ3) is 3.80. The van der Waals surface area contributed by atoms with E-state index in [4.69, 9.17) is 5.73 Å². The number of nitrogens with two attached hydrogens (primary N) is 1. The molecule has 2 fully saturated rings. The fourth-order valence-corrected chi connectivity index (χ4v) is 5.62. The van der Waals surface area contributed by atoms with Crippen molar-refractivity contribution >= 4 is 20.0 Å². The van der Waals surface area contributed by atoms with Gasteiger partial charge in [0.2, 0.25) is 20.0 Å². The predicted molar refractivity (Wildman–Crippen MR) is 90.3 cm³/mol. The van der Waals surface area contributed by atoms with Gasteiger partial charge in [-0.15, -0.1) is 0 Å². The number of hydrogen-bond donors (Lipinski definition) is 2. The van der Waals surface area contributed by atoms with Crippen LogP contribution in [0.25, 0.3) is 0 Å². The third-order valence-electron chi connectivity index (χ3n) is 4.56. The molecule has 3 rings (SSSR count). The van der Waals surface area contributed by atoms with Gasteiger partial charge in [-0.05, 0) is 49.8 Å². The van der Waals surface area contributed by atoms with E-state index < -0.39 is 20.0 Å². The number of nitrogens with one attached hydrogen (secondary N) is 1. The van der Waals surface area contributed by atoms with Gasteiger partial charge in [0.25, 0.3) is 0 Å². The SMILES string of the molecule is NC(CNS(=O)(=O)c1cccc(S(=O)(=O)N2CCCC2)c1)C1CC1. The lowest BCUT2D eigenvalue weighted by Crippen LogP contribution is -2.38. The van der Waals surface area contributed by atoms with Crippen LogP contribution in [-0.4, -0.2) is 46.8 Å². The summed E-state index contributed by atoms with van der Waals surface area (Å²) < 4.78 is 53.8. The molecule has 9 heteroatoms. The average Bonchev–Trinajstić information content (AvgIpc) is 3.26. The molecule has 1 unspecified atom stereocenters. The smallest absolute Gasteiger partial charge is 0.243 e. The summed E-state index contributed by atoms with van der Waals surface area (Å²) in [5.41, 5.74) is 5.92. The van der Waals surface area contributed by atoms with E-state index in [1.165, 1.54) is 28.6 Å². The van der Waals surface area contributed by atoms with Crippen molar-refractivity contribution in [2.45, 2.75) is 41.5 Å². The molecule has 1 heterocycles. The molecule has 0 radical (unpaired) electrons. The summed E-state index contributed by atoms with van der Waals surface area (Å²) in [4.78, 5) is -0.0375. The molecule has 0 amide bonds. The van der Waals surface area contributed by atoms with Crippen LogP contribution in [0.5, 0.6) is 0 Å². The Labute approximate surface area is 143 Å². The second-order valence-electron chi connectivity index (χ2n) is 6.44. The van der Waals surface area contributed by atoms with Gasteiger partial charge in [-0.2, -0.15) is 4.31 Å². The Morgan fingerprint density at radius 1 is 1.12 bits per heavy atom. The van der Waals surface area contributed by atoms with Crippen LogP contribution in [0.1, 0.15) is 25.7 Å². The maximum atomic E-state index is 12.6. The largest absolute Gasteiger partial charge is 0.326 e. The van der Waals surface area contributed by atoms with Gasteiger partial charge >= 0.3 is 0 Å². The van der Waals surface area contributed by atoms with E-state index in [1.54, 1.807) is 0 Å². The minimum Gasteiger partial charge on any atom is -0.326 e. The summed E-state index contributed by atoms with van der Waals surface area (Å²) in [6.07, 6.45) is 3.73. The summed E-state index contributed by atoms with van der Waals surface area (Å²) in [6, 6.07) is 5.31. The van der Waals surface area contributed by atoms with E-state index in [1.807, 2.05) is 0 Å². The Morgan fingerprint density at radius 3 is 2.38 bits per heavy atom. The van der Waals surface area contributed by atoms with E-state index in [0.717, 1.165) is 25.7 Å². The van der Waals surface area contributed by atoms with Crippen LogP contribution < -0.4 is 10.5 Å². The molecular formula is C15H23N3O4S2. The van der Waals surface area contributed by atoms with Crippen molar-refractivity contribution in [3.63, 3.8) is 0 Å². The number of sulfonamides is 2. The van der Waals surface area contributed by atoms with Crippen LogP contribution in [-0.2, 0) is 20.0 Å². The fourth-order valence-electron chi connectivity index (χ4n) is 2.86. The standard InChI is InChI=1S/C15H23N3O4S2/c16-15(12-6-7-12)11-17-23(19,20)13-4-3-5-14(10-13)24(21,22)18-8-1-2-9-18/h3-5,10,12,15,17H,1-2,6-9,11,16H2. The predicted octanol–water partition coefficient (Wildman–Crippen LogP) is 0.487. The average molecular weight is 374 g/mol. The van der Waals surface area contributed by atoms with Crippen LogP contribution in [0.15, 0.2) is 34.1 Å². The highest BCUT2D eigenvalue weighted by Gasteiger charge is 2.30. The molecule has 1 saturated heterocycles. The summed E-state index contributed by atoms with van der Waals surface area (Å²) in [5.74, 6) is 0.384. The maximum absolute atomic E-state index is 12.6. The van der Waals surface area contributed by atoms with Crippen molar-refractivity contribution in [3.05, 3.63) is 24.3 Å². The van der Waals surface area contributed by atoms with Gasteiger partial charge in [-0.1, -0.05) is 6.07 Å². The summed E-state index contributed by atoms with van der Waals surface area (Å²) in [7, 11) is -7.42. The lowest BCUT2D eigenvalue weighted by molar-refractivity contribution is 0.477. The molecule has 2 aliphatic rings. The van der Waals surface area contributed by atoms with Crippen molar-refractivity contribution in [2.75, 3.05) is 19.6 Å². The molecule has 1 saturated carbocycles. The monoisotopic (exact) mass is 373 g/mol. The highest BCUT2D eigenvalue weighted by atomic mass is 32.2. The molecule has 7 nitrogen and oxygen atoms in total. The minimum absolute atomic E-state index is 0.0127. The molecule has 1 aliphatic carbocycles. The first-order valence-corrected chi connectivity index (χ1v) is 11.1. The zero-order valence-corrected chi connectivity index (χ0v) is 15.0. The first-order chi connectivity index (χ1) is 11.3. The number of benzene rings is 1. The molecule has 0 bridgehead atoms. The highest BCUT2D eigenvalue weighted by Crippen LogP contribution is 2.31. The van der Waals surface area contributed by atoms with Crippen LogP contribution in [0.2, 0.25) is 0 Å². The summed E-state index contributed by atoms with van der Waals surface area (Å²) in [5, 5.41) is 0. The third-order valence-corrected chi connectivity index (χ3v) is 7.87. The lowest BCUT2D eigenvalue weighted by atomic mass is 10.2. The van der Waals surface area contributed by atoms with Gasteiger partial charge < -0.3 is 5.73 Å². The molecule has 0 aromatic heterocycles. The molecule has 1 aliphatic heterocycles. The Morgan fingerprint density at radius 2 is 1.75 bits per heavy atom. The first kappa shape index (κ1) is 17.8. The molecule has 1 atom stereocenters. The van der Waals surface area contributed by atoms with Crippen molar-refractivity contribution in [1.29, 1.82) is 0 Å². The molecule has 1 aromatic carbocycles. The molecular weight excluding hydrogens is 350 g/mol. The van der Waals surface area contributed by atoms with Crippen molar-refractivity contribution in [2.24, 2.45) is 11.7 Å². The van der Waals surface area contributed by atoms with E-state index in [9.17, 15) is 16.8 Å². The quantitative estimate of drug-likeness (QED) is 0.723. The van der Waals surface area contributed by atoms with Crippen molar-refractivity contribution in [1.82, 2.24) is 9.03 Å². The second-order valence-corrected chi connectivity index (χ2v) is 10.1. The molecule has 3 N–H and O–H groups in total. The van der Waals surface area contributed by atoms with Crippen LogP contribution >= 0.6 is 0 Å². The van der Waals surface area contributed by atoms with Gasteiger partial charge in [0.1, 0.15) is 0 Å². The molecule has 0 spiro atoms. The van der Waals surface area contributed by atoms with Crippen molar-refractivity contribution in [3.8, 4) is 0 Å². The van der Waals surface area contributed by atoms with E-state index in [-0.39, 0.29) is 22.4 Å². The van der Waals surface area contributed by atoms with E-state index in [2.05, 4.69) is 4.72 Å². The van der Waals surface area contributed by atoms with E-state index in [0.29, 0.717) is 19.0 Å². The number of nitrogens with zero attached hydrogens (tertiary/aromatic N) is 1. The van der Waals surface area contributed by atoms with Crippen molar-refractivity contribution < 1.29 is 16.8 Å². The molecule has 1 aromatic rings. The highest BCUT2D eigenvalue weighted by molar-refractivity contribution is 7.90. The molecule has 24 heavy (non-hydrogen) atoms. The molecule has 134 valence electrons. The second kappa shape index (κ2) is 6.72. The lowest BCUT2D eigenvalue weighted by Gasteiger charge is -2.16.